The summed E-state index contributed by atoms with van der Waals surface area (Å²) in [5, 5.41) is 0. The van der Waals surface area contributed by atoms with Crippen molar-refractivity contribution in [3.63, 3.8) is 0 Å². The van der Waals surface area contributed by atoms with E-state index in [0.29, 0.717) is 0 Å². The average Bonchev–Trinajstić information content (AvgIpc) is 1.95. The largest absolute Gasteiger partial charge is 0.456 e. The lowest BCUT2D eigenvalue weighted by Gasteiger charge is -2.06. The normalized spacial score (nSPS) is 11.1. The summed E-state index contributed by atoms with van der Waals surface area (Å²) in [4.78, 5) is 20.8. The fraction of sp³-hybridized carbons (Fsp3) is 0.714. The predicted octanol–water partition coefficient (Wildman–Crippen LogP) is 1.46. The molecular weight excluding hydrogens is 189 g/mol. The molecule has 0 aromatic rings. The van der Waals surface area contributed by atoms with Crippen LogP contribution in [0.15, 0.2) is 0 Å². The smallest absolute Gasteiger partial charge is 0.422 e. The first kappa shape index (κ1) is 11.9. The third kappa shape index (κ3) is 8.84. The van der Waals surface area contributed by atoms with E-state index in [0.717, 1.165) is 0 Å². The second kappa shape index (κ2) is 4.84. The number of Topliss-reactive ketones (excluding diaryl/α,β-unsaturated/α-hetero) is 1. The van der Waals surface area contributed by atoms with Crippen LogP contribution in [0, 0.1) is 0 Å². The van der Waals surface area contributed by atoms with Crippen molar-refractivity contribution in [1.29, 1.82) is 0 Å². The summed E-state index contributed by atoms with van der Waals surface area (Å²) in [5.74, 6) is -1.27. The van der Waals surface area contributed by atoms with E-state index < -0.39 is 18.8 Å². The third-order valence-corrected chi connectivity index (χ3v) is 1.08. The molecule has 0 aliphatic heterocycles. The number of hydrogen-bond acceptors (Lipinski definition) is 3. The van der Waals surface area contributed by atoms with Crippen molar-refractivity contribution < 1.29 is 27.5 Å². The Labute approximate surface area is 72.9 Å². The van der Waals surface area contributed by atoms with Gasteiger partial charge < -0.3 is 9.53 Å². The lowest BCUT2D eigenvalue weighted by Crippen LogP contribution is -2.20. The van der Waals surface area contributed by atoms with Crippen LogP contribution in [-0.2, 0) is 14.3 Å². The number of carbonyl (C=O) groups excluding carboxylic acids is 2. The number of carbonyl (C=O) groups is 2. The number of rotatable bonds is 4. The fourth-order valence-electron chi connectivity index (χ4n) is 0.513. The van der Waals surface area contributed by atoms with E-state index in [1.54, 1.807) is 0 Å². The van der Waals surface area contributed by atoms with Gasteiger partial charge >= 0.3 is 12.1 Å². The number of hydrogen-bond donors (Lipinski definition) is 0. The Hall–Kier alpha value is -1.07. The van der Waals surface area contributed by atoms with Gasteiger partial charge in [0.15, 0.2) is 6.61 Å². The van der Waals surface area contributed by atoms with E-state index in [2.05, 4.69) is 4.74 Å². The molecule has 0 rings (SSSR count). The van der Waals surface area contributed by atoms with Gasteiger partial charge in [0.25, 0.3) is 0 Å². The van der Waals surface area contributed by atoms with Crippen molar-refractivity contribution in [3.8, 4) is 0 Å². The zero-order chi connectivity index (χ0) is 10.5. The van der Waals surface area contributed by atoms with Crippen LogP contribution < -0.4 is 0 Å². The van der Waals surface area contributed by atoms with Gasteiger partial charge in [-0.05, 0) is 6.92 Å². The molecule has 0 saturated carbocycles. The van der Waals surface area contributed by atoms with Gasteiger partial charge in [0.2, 0.25) is 0 Å². The van der Waals surface area contributed by atoms with Gasteiger partial charge in [-0.1, -0.05) is 0 Å². The van der Waals surface area contributed by atoms with Crippen LogP contribution >= 0.6 is 0 Å². The van der Waals surface area contributed by atoms with E-state index in [-0.39, 0.29) is 18.6 Å². The first-order valence-electron chi connectivity index (χ1n) is 3.53. The maximum Gasteiger partial charge on any atom is 0.422 e. The minimum Gasteiger partial charge on any atom is -0.456 e. The first-order chi connectivity index (χ1) is 5.81. The number of alkyl halides is 3. The van der Waals surface area contributed by atoms with E-state index in [9.17, 15) is 22.8 Å². The lowest BCUT2D eigenvalue weighted by molar-refractivity contribution is -0.186. The highest BCUT2D eigenvalue weighted by Crippen LogP contribution is 2.14. The SMILES string of the molecule is CC(=O)CCC(=O)OCC(F)(F)F. The van der Waals surface area contributed by atoms with Gasteiger partial charge in [0.1, 0.15) is 5.78 Å². The summed E-state index contributed by atoms with van der Waals surface area (Å²) < 4.78 is 38.3. The highest BCUT2D eigenvalue weighted by atomic mass is 19.4. The third-order valence-electron chi connectivity index (χ3n) is 1.08. The topological polar surface area (TPSA) is 43.4 Å². The standard InChI is InChI=1S/C7H9F3O3/c1-5(11)2-3-6(12)13-4-7(8,9)10/h2-4H2,1H3. The maximum absolute atomic E-state index is 11.5. The molecule has 0 atom stereocenters. The molecule has 0 aromatic heterocycles. The van der Waals surface area contributed by atoms with Crippen LogP contribution in [0.4, 0.5) is 13.2 Å². The molecule has 0 radical (unpaired) electrons. The van der Waals surface area contributed by atoms with Crippen LogP contribution in [-0.4, -0.2) is 24.5 Å². The fourth-order valence-corrected chi connectivity index (χ4v) is 0.513. The van der Waals surface area contributed by atoms with Crippen LogP contribution in [0.25, 0.3) is 0 Å². The molecule has 0 amide bonds. The highest BCUT2D eigenvalue weighted by Gasteiger charge is 2.29. The number of halogens is 3. The molecule has 13 heavy (non-hydrogen) atoms. The quantitative estimate of drug-likeness (QED) is 0.642. The van der Waals surface area contributed by atoms with E-state index >= 15 is 0 Å². The average molecular weight is 198 g/mol. The van der Waals surface area contributed by atoms with Gasteiger partial charge in [-0.3, -0.25) is 4.79 Å². The molecule has 0 heterocycles. The lowest BCUT2D eigenvalue weighted by atomic mass is 10.2. The van der Waals surface area contributed by atoms with Gasteiger partial charge in [-0.25, -0.2) is 0 Å². The molecule has 0 bridgehead atoms. The Bertz CT molecular complexity index is 198. The Balaban J connectivity index is 3.58. The Morgan fingerprint density at radius 3 is 2.15 bits per heavy atom. The molecule has 0 fully saturated rings. The van der Waals surface area contributed by atoms with Crippen molar-refractivity contribution in [2.75, 3.05) is 6.61 Å². The Morgan fingerprint density at radius 1 is 1.23 bits per heavy atom. The molecule has 0 aliphatic rings. The van der Waals surface area contributed by atoms with Crippen LogP contribution in [0.1, 0.15) is 19.8 Å². The predicted molar refractivity (Wildman–Crippen MR) is 36.9 cm³/mol. The number of ether oxygens (including phenoxy) is 1. The van der Waals surface area contributed by atoms with E-state index in [1.807, 2.05) is 0 Å². The Morgan fingerprint density at radius 2 is 1.77 bits per heavy atom. The number of ketones is 1. The van der Waals surface area contributed by atoms with Crippen LogP contribution in [0.2, 0.25) is 0 Å². The minimum atomic E-state index is -4.51. The molecule has 6 heteroatoms. The highest BCUT2D eigenvalue weighted by molar-refractivity contribution is 5.80. The molecule has 76 valence electrons. The molecule has 0 unspecified atom stereocenters. The van der Waals surface area contributed by atoms with Gasteiger partial charge in [-0.2, -0.15) is 13.2 Å². The van der Waals surface area contributed by atoms with Crippen molar-refractivity contribution in [2.45, 2.75) is 25.9 Å². The van der Waals surface area contributed by atoms with Gasteiger partial charge in [-0.15, -0.1) is 0 Å². The van der Waals surface area contributed by atoms with Gasteiger partial charge in [0, 0.05) is 6.42 Å². The monoisotopic (exact) mass is 198 g/mol. The van der Waals surface area contributed by atoms with Crippen LogP contribution in [0.5, 0.6) is 0 Å². The summed E-state index contributed by atoms with van der Waals surface area (Å²) in [6.07, 6.45) is -4.89. The Kier molecular flexibility index (Phi) is 4.44. The second-order valence-corrected chi connectivity index (χ2v) is 2.48. The number of esters is 1. The molecule has 0 aromatic carbocycles. The summed E-state index contributed by atoms with van der Waals surface area (Å²) >= 11 is 0. The summed E-state index contributed by atoms with van der Waals surface area (Å²) in [6, 6.07) is 0. The minimum absolute atomic E-state index is 0.0866. The zero-order valence-electron chi connectivity index (χ0n) is 6.98. The van der Waals surface area contributed by atoms with Crippen LogP contribution in [0.3, 0.4) is 0 Å². The van der Waals surface area contributed by atoms with Crippen molar-refractivity contribution >= 4 is 11.8 Å². The maximum atomic E-state index is 11.5. The summed E-state index contributed by atoms with van der Waals surface area (Å²) in [6.45, 7) is -0.346. The molecular formula is C7H9F3O3. The van der Waals surface area contributed by atoms with Crippen molar-refractivity contribution in [2.24, 2.45) is 0 Å². The molecule has 0 spiro atoms. The van der Waals surface area contributed by atoms with Crippen molar-refractivity contribution in [1.82, 2.24) is 0 Å². The molecule has 0 aliphatic carbocycles. The second-order valence-electron chi connectivity index (χ2n) is 2.48. The molecule has 0 N–H and O–H groups in total. The van der Waals surface area contributed by atoms with Gasteiger partial charge in [0.05, 0.1) is 6.42 Å². The molecule has 0 saturated heterocycles. The van der Waals surface area contributed by atoms with Crippen molar-refractivity contribution in [3.05, 3.63) is 0 Å². The molecule has 3 nitrogen and oxygen atoms in total. The first-order valence-corrected chi connectivity index (χ1v) is 3.53. The zero-order valence-corrected chi connectivity index (χ0v) is 6.98. The summed E-state index contributed by atoms with van der Waals surface area (Å²) in [7, 11) is 0. The van der Waals surface area contributed by atoms with E-state index in [4.69, 9.17) is 0 Å². The van der Waals surface area contributed by atoms with E-state index in [1.165, 1.54) is 6.92 Å². The summed E-state index contributed by atoms with van der Waals surface area (Å²) in [5.41, 5.74) is 0.